The molecule has 3 unspecified atom stereocenters. The lowest BCUT2D eigenvalue weighted by Crippen LogP contribution is -2.51. The van der Waals surface area contributed by atoms with Crippen molar-refractivity contribution in [1.82, 2.24) is 0 Å². The average molecular weight is 459 g/mol. The van der Waals surface area contributed by atoms with Gasteiger partial charge in [0.15, 0.2) is 0 Å². The molecule has 2 nitrogen and oxygen atoms in total. The third kappa shape index (κ3) is 5.13. The molecule has 2 heteroatoms. The average Bonchev–Trinajstić information content (AvgIpc) is 3.14. The minimum Gasteiger partial charge on any atom is -0.396 e. The first-order valence-corrected chi connectivity index (χ1v) is 14.7. The number of rotatable bonds is 10. The molecule has 0 saturated heterocycles. The Morgan fingerprint density at radius 1 is 0.970 bits per heavy atom. The molecule has 4 aliphatic rings. The Kier molecular flexibility index (Phi) is 8.37. The highest BCUT2D eigenvalue weighted by molar-refractivity contribution is 5.25. The summed E-state index contributed by atoms with van der Waals surface area (Å²) in [5.74, 6) is 5.49. The van der Waals surface area contributed by atoms with Crippen LogP contribution in [-0.2, 0) is 4.74 Å². The SMILES string of the molecule is CC(C)CCC[C@@H](C)[C@H]1CCC2C3CC=C4C[C@@H](OCCCCO)CC[C@]4(C)C3CC[C@@]21C. The van der Waals surface area contributed by atoms with Crippen LogP contribution >= 0.6 is 0 Å². The van der Waals surface area contributed by atoms with E-state index in [1.165, 1.54) is 64.2 Å². The van der Waals surface area contributed by atoms with E-state index in [0.29, 0.717) is 16.9 Å². The Morgan fingerprint density at radius 2 is 1.79 bits per heavy atom. The van der Waals surface area contributed by atoms with Gasteiger partial charge in [-0.15, -0.1) is 0 Å². The summed E-state index contributed by atoms with van der Waals surface area (Å²) in [5.41, 5.74) is 2.76. The van der Waals surface area contributed by atoms with Crippen molar-refractivity contribution >= 4 is 0 Å². The maximum absolute atomic E-state index is 9.02. The van der Waals surface area contributed by atoms with Crippen molar-refractivity contribution in [3.05, 3.63) is 11.6 Å². The van der Waals surface area contributed by atoms with Crippen molar-refractivity contribution in [2.45, 2.75) is 124 Å². The van der Waals surface area contributed by atoms with E-state index in [0.717, 1.165) is 61.4 Å². The van der Waals surface area contributed by atoms with Crippen molar-refractivity contribution in [3.8, 4) is 0 Å². The summed E-state index contributed by atoms with van der Waals surface area (Å²) >= 11 is 0. The lowest BCUT2D eigenvalue weighted by Gasteiger charge is -2.58. The number of allylic oxidation sites excluding steroid dienone is 1. The summed E-state index contributed by atoms with van der Waals surface area (Å²) in [7, 11) is 0. The number of hydrogen-bond acceptors (Lipinski definition) is 2. The first-order valence-electron chi connectivity index (χ1n) is 14.7. The molecule has 0 bridgehead atoms. The van der Waals surface area contributed by atoms with E-state index in [1.54, 1.807) is 5.57 Å². The standard InChI is InChI=1S/C31H54O2/c1-22(2)9-8-10-23(3)27-13-14-28-26-12-11-24-21-25(33-20-7-6-19-32)15-17-30(24,4)29(26)16-18-31(27,28)5/h11,22-23,25-29,32H,6-10,12-21H2,1-5H3/t23-,25+,26?,27-,28?,29?,30+,31-/m1/s1. The van der Waals surface area contributed by atoms with Crippen molar-refractivity contribution in [1.29, 1.82) is 0 Å². The highest BCUT2D eigenvalue weighted by atomic mass is 16.5. The van der Waals surface area contributed by atoms with Crippen molar-refractivity contribution in [2.24, 2.45) is 46.3 Å². The second-order valence-corrected chi connectivity index (χ2v) is 13.5. The zero-order valence-electron chi connectivity index (χ0n) is 22.6. The summed E-state index contributed by atoms with van der Waals surface area (Å²) < 4.78 is 6.24. The predicted octanol–water partition coefficient (Wildman–Crippen LogP) is 8.19. The number of ether oxygens (including phenoxy) is 1. The smallest absolute Gasteiger partial charge is 0.0612 e. The van der Waals surface area contributed by atoms with E-state index >= 15 is 0 Å². The topological polar surface area (TPSA) is 29.5 Å². The second kappa shape index (κ2) is 10.7. The third-order valence-electron chi connectivity index (χ3n) is 11.2. The predicted molar refractivity (Wildman–Crippen MR) is 139 cm³/mol. The lowest BCUT2D eigenvalue weighted by molar-refractivity contribution is -0.0642. The fourth-order valence-corrected chi connectivity index (χ4v) is 9.26. The van der Waals surface area contributed by atoms with Crippen LogP contribution in [0, 0.1) is 46.3 Å². The Morgan fingerprint density at radius 3 is 2.55 bits per heavy atom. The molecule has 4 aliphatic carbocycles. The molecule has 0 aromatic heterocycles. The molecule has 0 aliphatic heterocycles. The second-order valence-electron chi connectivity index (χ2n) is 13.5. The highest BCUT2D eigenvalue weighted by Gasteiger charge is 2.59. The molecule has 190 valence electrons. The molecule has 0 aromatic rings. The van der Waals surface area contributed by atoms with Crippen molar-refractivity contribution < 1.29 is 9.84 Å². The molecule has 4 rings (SSSR count). The fraction of sp³-hybridized carbons (Fsp3) is 0.935. The summed E-state index contributed by atoms with van der Waals surface area (Å²) in [4.78, 5) is 0. The maximum atomic E-state index is 9.02. The third-order valence-corrected chi connectivity index (χ3v) is 11.2. The van der Waals surface area contributed by atoms with E-state index in [9.17, 15) is 0 Å². The minimum atomic E-state index is 0.290. The van der Waals surface area contributed by atoms with Gasteiger partial charge in [-0.25, -0.2) is 0 Å². The van der Waals surface area contributed by atoms with Gasteiger partial charge in [-0.1, -0.05) is 65.5 Å². The molecule has 33 heavy (non-hydrogen) atoms. The van der Waals surface area contributed by atoms with Crippen LogP contribution in [0.4, 0.5) is 0 Å². The van der Waals surface area contributed by atoms with Crippen LogP contribution in [0.1, 0.15) is 118 Å². The van der Waals surface area contributed by atoms with E-state index in [4.69, 9.17) is 9.84 Å². The highest BCUT2D eigenvalue weighted by Crippen LogP contribution is 2.67. The van der Waals surface area contributed by atoms with E-state index in [-0.39, 0.29) is 6.61 Å². The molecular weight excluding hydrogens is 404 g/mol. The fourth-order valence-electron chi connectivity index (χ4n) is 9.26. The van der Waals surface area contributed by atoms with E-state index in [1.807, 2.05) is 0 Å². The molecular formula is C31H54O2. The van der Waals surface area contributed by atoms with Gasteiger partial charge < -0.3 is 9.84 Å². The number of unbranched alkanes of at least 4 members (excludes halogenated alkanes) is 1. The quantitative estimate of drug-likeness (QED) is 0.264. The summed E-state index contributed by atoms with van der Waals surface area (Å²) in [6, 6.07) is 0. The monoisotopic (exact) mass is 458 g/mol. The summed E-state index contributed by atoms with van der Waals surface area (Å²) in [5, 5.41) is 9.02. The van der Waals surface area contributed by atoms with Crippen LogP contribution in [0.25, 0.3) is 0 Å². The number of fused-ring (bicyclic) bond motifs is 5. The van der Waals surface area contributed by atoms with Crippen LogP contribution in [0.5, 0.6) is 0 Å². The first kappa shape index (κ1) is 25.7. The Balaban J connectivity index is 1.40. The van der Waals surface area contributed by atoms with Gasteiger partial charge in [0.2, 0.25) is 0 Å². The van der Waals surface area contributed by atoms with Crippen molar-refractivity contribution in [3.63, 3.8) is 0 Å². The lowest BCUT2D eigenvalue weighted by atomic mass is 9.47. The van der Waals surface area contributed by atoms with Crippen LogP contribution < -0.4 is 0 Å². The van der Waals surface area contributed by atoms with Gasteiger partial charge in [0.1, 0.15) is 0 Å². The molecule has 0 amide bonds. The van der Waals surface area contributed by atoms with E-state index in [2.05, 4.69) is 40.7 Å². The maximum Gasteiger partial charge on any atom is 0.0612 e. The zero-order valence-corrected chi connectivity index (χ0v) is 22.6. The number of hydrogen-bond donors (Lipinski definition) is 1. The normalized spacial score (nSPS) is 41.3. The summed E-state index contributed by atoms with van der Waals surface area (Å²) in [6.45, 7) is 13.8. The zero-order chi connectivity index (χ0) is 23.6. The van der Waals surface area contributed by atoms with Gasteiger partial charge in [-0.3, -0.25) is 0 Å². The van der Waals surface area contributed by atoms with Gasteiger partial charge in [0.05, 0.1) is 6.10 Å². The Labute approximate surface area is 205 Å². The molecule has 0 heterocycles. The molecule has 3 saturated carbocycles. The van der Waals surface area contributed by atoms with Gasteiger partial charge in [0, 0.05) is 13.2 Å². The van der Waals surface area contributed by atoms with Crippen LogP contribution in [0.2, 0.25) is 0 Å². The molecule has 8 atom stereocenters. The largest absolute Gasteiger partial charge is 0.396 e. The van der Waals surface area contributed by atoms with Crippen LogP contribution in [0.3, 0.4) is 0 Å². The molecule has 3 fully saturated rings. The van der Waals surface area contributed by atoms with Gasteiger partial charge >= 0.3 is 0 Å². The molecule has 1 N–H and O–H groups in total. The number of aliphatic hydroxyl groups excluding tert-OH is 1. The molecule has 0 radical (unpaired) electrons. The van der Waals surface area contributed by atoms with Crippen molar-refractivity contribution in [2.75, 3.05) is 13.2 Å². The summed E-state index contributed by atoms with van der Waals surface area (Å²) in [6.07, 6.45) is 20.2. The van der Waals surface area contributed by atoms with Crippen LogP contribution in [0.15, 0.2) is 11.6 Å². The van der Waals surface area contributed by atoms with Gasteiger partial charge in [0.25, 0.3) is 0 Å². The minimum absolute atomic E-state index is 0.290. The molecule has 0 aromatic carbocycles. The number of aliphatic hydroxyl groups is 1. The Hall–Kier alpha value is -0.340. The molecule has 0 spiro atoms. The van der Waals surface area contributed by atoms with E-state index < -0.39 is 0 Å². The van der Waals surface area contributed by atoms with Gasteiger partial charge in [-0.2, -0.15) is 0 Å². The van der Waals surface area contributed by atoms with Crippen LogP contribution in [-0.4, -0.2) is 24.4 Å². The Bertz CT molecular complexity index is 668. The van der Waals surface area contributed by atoms with Gasteiger partial charge in [-0.05, 0) is 111 Å². The first-order chi connectivity index (χ1) is 15.8.